The number of fused-ring (bicyclic) bond motifs is 11. The fourth-order valence-electron chi connectivity index (χ4n) is 12.0. The Balaban J connectivity index is 0.861. The number of halogens is 4. The Kier molecular flexibility index (Phi) is 9.66. The summed E-state index contributed by atoms with van der Waals surface area (Å²) in [5, 5.41) is 4.62. The number of aryl methyl sites for hydroxylation is 3. The van der Waals surface area contributed by atoms with Crippen LogP contribution < -0.4 is 15.9 Å². The van der Waals surface area contributed by atoms with Crippen LogP contribution in [-0.2, 0) is 31.2 Å². The van der Waals surface area contributed by atoms with E-state index in [-0.39, 0.29) is 39.7 Å². The first-order valence-corrected chi connectivity index (χ1v) is 25.0. The highest BCUT2D eigenvalue weighted by Gasteiger charge is 2.57. The molecule has 6 aromatic carbocycles. The maximum absolute atomic E-state index is 18.1. The number of hydrogen-bond acceptors (Lipinski definition) is 4. The summed E-state index contributed by atoms with van der Waals surface area (Å²) in [7, 11) is 0. The van der Waals surface area contributed by atoms with Gasteiger partial charge in [0, 0.05) is 67.6 Å². The zero-order valence-electron chi connectivity index (χ0n) is 38.9. The molecule has 9 aromatic rings. The summed E-state index contributed by atoms with van der Waals surface area (Å²) in [5.74, 6) is 0.376. The summed E-state index contributed by atoms with van der Waals surface area (Å²) in [6, 6.07) is 34.6. The van der Waals surface area contributed by atoms with Crippen LogP contribution in [0.4, 0.5) is 8.63 Å². The zero-order chi connectivity index (χ0) is 48.0. The summed E-state index contributed by atoms with van der Waals surface area (Å²) in [5.41, 5.74) is 9.95. The molecule has 70 heavy (non-hydrogen) atoms. The van der Waals surface area contributed by atoms with Crippen molar-refractivity contribution in [2.75, 3.05) is 6.61 Å². The van der Waals surface area contributed by atoms with E-state index in [9.17, 15) is 9.59 Å². The van der Waals surface area contributed by atoms with Crippen LogP contribution in [0.2, 0.25) is 10.0 Å². The number of pyridine rings is 1. The Labute approximate surface area is 411 Å². The first kappa shape index (κ1) is 43.3. The van der Waals surface area contributed by atoms with E-state index in [1.807, 2.05) is 84.9 Å². The summed E-state index contributed by atoms with van der Waals surface area (Å²) in [6.07, 6.45) is 6.81. The second-order valence-corrected chi connectivity index (χ2v) is 21.2. The van der Waals surface area contributed by atoms with E-state index in [0.717, 1.165) is 86.4 Å². The largest absolute Gasteiger partial charge is 0.737 e. The lowest BCUT2D eigenvalue weighted by atomic mass is 9.84. The fraction of sp³-hybridized carbons (Fsp3) is 0.224. The van der Waals surface area contributed by atoms with Gasteiger partial charge in [0.05, 0.1) is 22.2 Å². The maximum atomic E-state index is 18.1. The third kappa shape index (κ3) is 6.34. The zero-order valence-corrected chi connectivity index (χ0v) is 40.4. The minimum absolute atomic E-state index is 0.0836. The Morgan fingerprint density at radius 1 is 0.714 bits per heavy atom. The van der Waals surface area contributed by atoms with Crippen molar-refractivity contribution in [2.24, 2.45) is 0 Å². The van der Waals surface area contributed by atoms with Crippen LogP contribution in [-0.4, -0.2) is 32.8 Å². The molecule has 0 atom stereocenters. The van der Waals surface area contributed by atoms with Gasteiger partial charge in [0.25, 0.3) is 11.1 Å². The van der Waals surface area contributed by atoms with E-state index in [4.69, 9.17) is 32.4 Å². The normalized spacial score (nSPS) is 16.2. The summed E-state index contributed by atoms with van der Waals surface area (Å²) < 4.78 is 52.7. The van der Waals surface area contributed by atoms with Crippen molar-refractivity contribution in [1.82, 2.24) is 9.05 Å². The molecule has 0 unspecified atom stereocenters. The molecule has 5 heterocycles. The molecule has 4 aliphatic rings. The van der Waals surface area contributed by atoms with Gasteiger partial charge < -0.3 is 26.7 Å². The molecule has 0 saturated carbocycles. The Bertz CT molecular complexity index is 3950. The number of rotatable bonds is 6. The predicted octanol–water partition coefficient (Wildman–Crippen LogP) is 13.7. The lowest BCUT2D eigenvalue weighted by molar-refractivity contribution is -0.361. The van der Waals surface area contributed by atoms with Crippen LogP contribution in [0.3, 0.4) is 0 Å². The van der Waals surface area contributed by atoms with Crippen molar-refractivity contribution in [3.63, 3.8) is 0 Å². The van der Waals surface area contributed by atoms with Gasteiger partial charge in [-0.15, -0.1) is 0 Å². The van der Waals surface area contributed by atoms with Gasteiger partial charge >= 0.3 is 6.97 Å². The Hall–Kier alpha value is -6.75. The lowest BCUT2D eigenvalue weighted by Crippen LogP contribution is -2.51. The average molecular weight is 969 g/mol. The van der Waals surface area contributed by atoms with Crippen LogP contribution >= 0.6 is 23.2 Å². The van der Waals surface area contributed by atoms with Crippen LogP contribution in [0.15, 0.2) is 141 Å². The van der Waals surface area contributed by atoms with Gasteiger partial charge in [0.1, 0.15) is 16.9 Å². The van der Waals surface area contributed by atoms with Gasteiger partial charge in [-0.25, -0.2) is 0 Å². The highest BCUT2D eigenvalue weighted by molar-refractivity contribution is 6.59. The molecule has 3 aromatic heterocycles. The first-order valence-electron chi connectivity index (χ1n) is 24.2. The number of ether oxygens (including phenoxy) is 1. The molecule has 0 amide bonds. The van der Waals surface area contributed by atoms with Crippen molar-refractivity contribution in [2.45, 2.75) is 77.7 Å². The number of nitrogens with zero attached hydrogens (tertiary/aromatic N) is 3. The van der Waals surface area contributed by atoms with E-state index >= 15 is 8.63 Å². The summed E-state index contributed by atoms with van der Waals surface area (Å²) in [6.45, 7) is 2.32. The van der Waals surface area contributed by atoms with E-state index in [1.54, 1.807) is 18.2 Å². The second kappa shape index (κ2) is 15.6. The maximum Gasteiger partial charge on any atom is 0.737 e. The molecule has 2 aliphatic heterocycles. The number of benzene rings is 6. The van der Waals surface area contributed by atoms with Gasteiger partial charge in [-0.3, -0.25) is 14.2 Å². The average Bonchev–Trinajstić information content (AvgIpc) is 3.80. The van der Waals surface area contributed by atoms with Gasteiger partial charge in [-0.05, 0) is 138 Å². The van der Waals surface area contributed by atoms with Crippen molar-refractivity contribution in [1.29, 1.82) is 0 Å². The SMILES string of the molecule is CC(C)(C)c1ccc2oc3ccc4c(=O)n(CCCOc5cc(Cl)c(C6=C7C=C8CCCc9ccccc9C8=[N+]7[B-](F)(F)n7c6cc6c7-c7ccccc7CCC6)c(Cl)c5)c(=O)c5ccc(c2c1)c3c45. The third-order valence-corrected chi connectivity index (χ3v) is 15.8. The molecular formula is C58H46BCl2F2N3O4. The van der Waals surface area contributed by atoms with Crippen LogP contribution in [0.5, 0.6) is 5.75 Å². The highest BCUT2D eigenvalue weighted by Crippen LogP contribution is 2.51. The van der Waals surface area contributed by atoms with Gasteiger partial charge in [-0.2, -0.15) is 0 Å². The summed E-state index contributed by atoms with van der Waals surface area (Å²) in [4.78, 5) is 28.3. The quantitative estimate of drug-likeness (QED) is 0.0720. The fourth-order valence-corrected chi connectivity index (χ4v) is 12.6. The summed E-state index contributed by atoms with van der Waals surface area (Å²) >= 11 is 14.6. The number of hydrogen-bond donors (Lipinski definition) is 0. The lowest BCUT2D eigenvalue weighted by Gasteiger charge is -2.34. The monoisotopic (exact) mass is 967 g/mol. The number of allylic oxidation sites excluding steroid dienone is 2. The van der Waals surface area contributed by atoms with Crippen LogP contribution in [0.25, 0.3) is 60.3 Å². The van der Waals surface area contributed by atoms with Crippen LogP contribution in [0, 0.1) is 0 Å². The molecule has 12 heteroatoms. The molecule has 0 spiro atoms. The van der Waals surface area contributed by atoms with Gasteiger partial charge in [0.2, 0.25) is 0 Å². The number of aromatic nitrogens is 2. The van der Waals surface area contributed by atoms with E-state index in [1.165, 1.54) is 13.5 Å². The van der Waals surface area contributed by atoms with Crippen molar-refractivity contribution in [3.8, 4) is 17.0 Å². The predicted molar refractivity (Wildman–Crippen MR) is 279 cm³/mol. The van der Waals surface area contributed by atoms with Gasteiger partial charge in [0.15, 0.2) is 11.4 Å². The molecular weight excluding hydrogens is 922 g/mol. The van der Waals surface area contributed by atoms with Crippen molar-refractivity contribution >= 4 is 84.9 Å². The smallest absolute Gasteiger partial charge is 0.493 e. The molecule has 7 nitrogen and oxygen atoms in total. The van der Waals surface area contributed by atoms with E-state index in [0.29, 0.717) is 80.7 Å². The molecule has 348 valence electrons. The molecule has 13 rings (SSSR count). The minimum atomic E-state index is -4.42. The molecule has 0 bridgehead atoms. The topological polar surface area (TPSA) is 69.4 Å². The Morgan fingerprint density at radius 3 is 2.10 bits per heavy atom. The first-order chi connectivity index (χ1) is 33.8. The minimum Gasteiger partial charge on any atom is -0.493 e. The standard InChI is InChI=1S/C58H46BCl2F2N3O4/c1-58(2,3)36-19-23-48-43(29-36)40-20-21-41-50-42(22-24-49(70-48)51(40)50)57(68)64(56(41)67)25-10-26-69-37-30-44(60)52(45(61)31-37)53-46-27-34-15-8-13-32-11-4-6-17-38(32)54(34)65(46)59(62,63)66-47(53)28-35-16-9-14-33-12-5-7-18-39(33)55(35)66/h4-7,11-12,17-24,27-31H,8-10,13-16,25-26H2,1-3H3. The van der Waals surface area contributed by atoms with Gasteiger partial charge in [-0.1, -0.05) is 98.6 Å². The molecule has 0 N–H and O–H groups in total. The van der Waals surface area contributed by atoms with Crippen molar-refractivity contribution in [3.05, 3.63) is 196 Å². The second-order valence-electron chi connectivity index (χ2n) is 20.3. The van der Waals surface area contributed by atoms with E-state index in [2.05, 4.69) is 32.9 Å². The highest BCUT2D eigenvalue weighted by atomic mass is 35.5. The van der Waals surface area contributed by atoms with Crippen molar-refractivity contribution < 1.29 is 22.3 Å². The molecule has 0 saturated heterocycles. The third-order valence-electron chi connectivity index (χ3n) is 15.2. The van der Waals surface area contributed by atoms with E-state index < -0.39 is 6.97 Å². The molecule has 0 fully saturated rings. The van der Waals surface area contributed by atoms with Crippen LogP contribution in [0.1, 0.15) is 85.5 Å². The Morgan fingerprint density at radius 2 is 1.36 bits per heavy atom. The molecule has 2 aliphatic carbocycles. The molecule has 0 radical (unpaired) electrons.